The molecule has 0 aromatic carbocycles. The van der Waals surface area contributed by atoms with Crippen molar-refractivity contribution < 1.29 is 32.9 Å². The molecule has 3 unspecified atom stereocenters. The van der Waals surface area contributed by atoms with Crippen LogP contribution < -0.4 is 5.32 Å². The number of phosphoric acid groups is 1. The van der Waals surface area contributed by atoms with Gasteiger partial charge in [-0.25, -0.2) is 4.57 Å². The number of hydrogen-bond donors (Lipinski definition) is 3. The topological polar surface area (TPSA) is 105 Å². The molecule has 9 heteroatoms. The summed E-state index contributed by atoms with van der Waals surface area (Å²) < 4.78 is 23.7. The summed E-state index contributed by atoms with van der Waals surface area (Å²) in [5.74, 6) is -0.201. The van der Waals surface area contributed by atoms with E-state index < -0.39 is 20.0 Å². The molecular weight excluding hydrogens is 876 g/mol. The molecule has 0 radical (unpaired) electrons. The molecule has 0 saturated carbocycles. The van der Waals surface area contributed by atoms with E-state index in [1.54, 1.807) is 6.08 Å². The van der Waals surface area contributed by atoms with Crippen LogP contribution in [0.3, 0.4) is 0 Å². The van der Waals surface area contributed by atoms with Gasteiger partial charge in [0.2, 0.25) is 5.91 Å². The number of carbonyl (C=O) groups excluding carboxylic acids is 1. The molecule has 69 heavy (non-hydrogen) atoms. The average Bonchev–Trinajstić information content (AvgIpc) is 3.31. The second-order valence-electron chi connectivity index (χ2n) is 19.9. The predicted octanol–water partition coefficient (Wildman–Crippen LogP) is 17.0. The van der Waals surface area contributed by atoms with Gasteiger partial charge in [0.25, 0.3) is 0 Å². The van der Waals surface area contributed by atoms with Gasteiger partial charge in [-0.15, -0.1) is 0 Å². The molecule has 0 spiro atoms. The Morgan fingerprint density at radius 2 is 0.884 bits per heavy atom. The van der Waals surface area contributed by atoms with E-state index in [0.29, 0.717) is 17.4 Å². The fraction of sp³-hybridized carbons (Fsp3) is 0.717. The van der Waals surface area contributed by atoms with Gasteiger partial charge < -0.3 is 19.8 Å². The number of rotatable bonds is 50. The van der Waals surface area contributed by atoms with Gasteiger partial charge in [0, 0.05) is 6.42 Å². The molecular formula is C60H108N2O6P+. The van der Waals surface area contributed by atoms with Crippen LogP contribution in [0.15, 0.2) is 97.2 Å². The lowest BCUT2D eigenvalue weighted by molar-refractivity contribution is -0.870. The largest absolute Gasteiger partial charge is 0.472 e. The van der Waals surface area contributed by atoms with Gasteiger partial charge in [0.1, 0.15) is 13.2 Å². The van der Waals surface area contributed by atoms with Gasteiger partial charge in [0.05, 0.1) is 39.9 Å². The Kier molecular flexibility index (Phi) is 48.5. The van der Waals surface area contributed by atoms with Crippen molar-refractivity contribution in [3.8, 4) is 0 Å². The molecule has 0 fully saturated rings. The van der Waals surface area contributed by atoms with Crippen LogP contribution in [0.1, 0.15) is 226 Å². The van der Waals surface area contributed by atoms with E-state index in [1.807, 2.05) is 27.2 Å². The summed E-state index contributed by atoms with van der Waals surface area (Å²) in [7, 11) is 1.53. The van der Waals surface area contributed by atoms with Crippen molar-refractivity contribution in [1.29, 1.82) is 0 Å². The summed E-state index contributed by atoms with van der Waals surface area (Å²) in [5.41, 5.74) is 0. The van der Waals surface area contributed by atoms with E-state index in [1.165, 1.54) is 122 Å². The molecule has 0 heterocycles. The van der Waals surface area contributed by atoms with Crippen LogP contribution in [0.2, 0.25) is 0 Å². The SMILES string of the molecule is CC/C=C\C/C=C\C/C=C\C/C=C\C/C=C\CCCCCCCCCCCC(=O)NC(COP(=O)(O)OCC[N+](C)(C)C)C(O)/C=C/CC/C=C/CC/C=C/CCCCCCCCCCCCCC. The van der Waals surface area contributed by atoms with E-state index in [0.717, 1.165) is 83.5 Å². The Bertz CT molecular complexity index is 1440. The molecule has 1 amide bonds. The number of nitrogens with one attached hydrogen (secondary N) is 1. The second kappa shape index (κ2) is 50.4. The van der Waals surface area contributed by atoms with Crippen LogP contribution in [-0.4, -0.2) is 73.4 Å². The lowest BCUT2D eigenvalue weighted by Crippen LogP contribution is -2.45. The maximum Gasteiger partial charge on any atom is 0.472 e. The fourth-order valence-electron chi connectivity index (χ4n) is 7.63. The highest BCUT2D eigenvalue weighted by Gasteiger charge is 2.27. The molecule has 3 N–H and O–H groups in total. The Morgan fingerprint density at radius 3 is 1.33 bits per heavy atom. The zero-order valence-electron chi connectivity index (χ0n) is 45.3. The lowest BCUT2D eigenvalue weighted by atomic mass is 10.0. The molecule has 0 aliphatic heterocycles. The number of nitrogens with zero attached hydrogens (tertiary/aromatic N) is 1. The molecule has 0 aliphatic carbocycles. The molecule has 0 aromatic rings. The number of phosphoric ester groups is 1. The Hall–Kier alpha value is -2.58. The van der Waals surface area contributed by atoms with Crippen LogP contribution in [0.5, 0.6) is 0 Å². The van der Waals surface area contributed by atoms with Gasteiger partial charge >= 0.3 is 7.82 Å². The van der Waals surface area contributed by atoms with Crippen molar-refractivity contribution in [3.63, 3.8) is 0 Å². The summed E-state index contributed by atoms with van der Waals surface area (Å²) in [6.45, 7) is 4.67. The highest BCUT2D eigenvalue weighted by molar-refractivity contribution is 7.47. The molecule has 0 aromatic heterocycles. The number of likely N-dealkylation sites (N-methyl/N-ethyl adjacent to an activating group) is 1. The first-order valence-corrected chi connectivity index (χ1v) is 29.6. The quantitative estimate of drug-likeness (QED) is 0.0243. The maximum atomic E-state index is 13.0. The van der Waals surface area contributed by atoms with E-state index in [4.69, 9.17) is 9.05 Å². The van der Waals surface area contributed by atoms with Crippen molar-refractivity contribution in [2.24, 2.45) is 0 Å². The van der Waals surface area contributed by atoms with Gasteiger partial charge in [-0.3, -0.25) is 13.8 Å². The minimum absolute atomic E-state index is 0.0475. The number of aliphatic hydroxyl groups excluding tert-OH is 1. The number of unbranched alkanes of at least 4 members (excludes halogenated alkanes) is 23. The van der Waals surface area contributed by atoms with Crippen molar-refractivity contribution in [3.05, 3.63) is 97.2 Å². The highest BCUT2D eigenvalue weighted by Crippen LogP contribution is 2.43. The second-order valence-corrected chi connectivity index (χ2v) is 21.4. The predicted molar refractivity (Wildman–Crippen MR) is 299 cm³/mol. The average molecular weight is 985 g/mol. The molecule has 8 nitrogen and oxygen atoms in total. The fourth-order valence-corrected chi connectivity index (χ4v) is 8.37. The molecule has 0 saturated heterocycles. The van der Waals surface area contributed by atoms with E-state index >= 15 is 0 Å². The zero-order valence-corrected chi connectivity index (χ0v) is 46.2. The van der Waals surface area contributed by atoms with Gasteiger partial charge in [0.15, 0.2) is 0 Å². The smallest absolute Gasteiger partial charge is 0.387 e. The molecule has 0 aliphatic rings. The molecule has 398 valence electrons. The highest BCUT2D eigenvalue weighted by atomic mass is 31.2. The van der Waals surface area contributed by atoms with E-state index in [-0.39, 0.29) is 19.1 Å². The summed E-state index contributed by atoms with van der Waals surface area (Å²) in [5, 5.41) is 13.9. The lowest BCUT2D eigenvalue weighted by Gasteiger charge is -2.25. The Balaban J connectivity index is 4.35. The zero-order chi connectivity index (χ0) is 50.6. The van der Waals surface area contributed by atoms with Gasteiger partial charge in [-0.1, -0.05) is 227 Å². The number of allylic oxidation sites excluding steroid dienone is 15. The van der Waals surface area contributed by atoms with E-state index in [2.05, 4.69) is 104 Å². The van der Waals surface area contributed by atoms with Gasteiger partial charge in [-0.2, -0.15) is 0 Å². The van der Waals surface area contributed by atoms with Crippen LogP contribution in [-0.2, 0) is 18.4 Å². The minimum atomic E-state index is -4.37. The standard InChI is InChI=1S/C60H107N2O6P/c1-6-8-10-12-14-16-18-20-22-24-26-28-30-31-32-34-36-38-40-42-44-46-48-50-52-54-60(64)61-58(57-68-69(65,66)67-56-55-62(3,4)5)59(63)53-51-49-47-45-43-41-39-37-35-33-29-27-25-23-21-19-17-15-13-11-9-7-2/h8,10,14,16,20,22,26,28,31-32,35,37,43,45,51,53,58-59,63H,6-7,9,11-13,15,17-19,21,23-25,27,29-30,33-34,36,38-42,44,46-50,52,54-57H2,1-5H3,(H-,61,64,65,66)/p+1/b10-8-,16-14-,22-20-,28-26-,32-31-,37-35+,45-43+,53-51+. The first-order chi connectivity index (χ1) is 33.5. The number of aliphatic hydroxyl groups is 1. The van der Waals surface area contributed by atoms with E-state index in [9.17, 15) is 19.4 Å². The number of hydrogen-bond acceptors (Lipinski definition) is 5. The summed E-state index contributed by atoms with van der Waals surface area (Å²) in [6, 6.07) is -0.880. The summed E-state index contributed by atoms with van der Waals surface area (Å²) in [6.07, 6.45) is 72.2. The third kappa shape index (κ3) is 53.1. The number of amides is 1. The van der Waals surface area contributed by atoms with Crippen molar-refractivity contribution in [2.75, 3.05) is 40.9 Å². The maximum absolute atomic E-state index is 13.0. The normalized spacial score (nSPS) is 14.7. The summed E-state index contributed by atoms with van der Waals surface area (Å²) >= 11 is 0. The molecule has 0 bridgehead atoms. The van der Waals surface area contributed by atoms with Gasteiger partial charge in [-0.05, 0) is 89.9 Å². The van der Waals surface area contributed by atoms with Crippen molar-refractivity contribution >= 4 is 13.7 Å². The van der Waals surface area contributed by atoms with Crippen LogP contribution in [0.25, 0.3) is 0 Å². The Morgan fingerprint density at radius 1 is 0.507 bits per heavy atom. The molecule has 0 rings (SSSR count). The molecule has 3 atom stereocenters. The van der Waals surface area contributed by atoms with Crippen molar-refractivity contribution in [2.45, 2.75) is 238 Å². The van der Waals surface area contributed by atoms with Crippen LogP contribution in [0, 0.1) is 0 Å². The minimum Gasteiger partial charge on any atom is -0.387 e. The van der Waals surface area contributed by atoms with Crippen LogP contribution in [0.4, 0.5) is 0 Å². The van der Waals surface area contributed by atoms with Crippen LogP contribution >= 0.6 is 7.82 Å². The monoisotopic (exact) mass is 984 g/mol. The number of quaternary nitrogens is 1. The van der Waals surface area contributed by atoms with Crippen molar-refractivity contribution in [1.82, 2.24) is 5.32 Å². The number of carbonyl (C=O) groups is 1. The Labute approximate surface area is 426 Å². The first-order valence-electron chi connectivity index (χ1n) is 28.1. The third-order valence-electron chi connectivity index (χ3n) is 12.0. The third-order valence-corrected chi connectivity index (χ3v) is 13.0. The summed E-state index contributed by atoms with van der Waals surface area (Å²) in [4.78, 5) is 23.3. The first kappa shape index (κ1) is 66.4.